The third kappa shape index (κ3) is 3.32. The number of carbonyl (C=O) groups excluding carboxylic acids is 1. The molecule has 0 radical (unpaired) electrons. The Morgan fingerprint density at radius 3 is 2.78 bits per heavy atom. The fraction of sp³-hybridized carbons (Fsp3) is 0.600. The number of nitrogens with zero attached hydrogens (tertiary/aromatic N) is 3. The average molecular weight is 339 g/mol. The van der Waals surface area contributed by atoms with Crippen molar-refractivity contribution < 1.29 is 17.9 Å². The molecule has 0 aliphatic carbocycles. The number of fused-ring (bicyclic) bond motifs is 4. The molecule has 1 aromatic rings. The molecule has 8 heteroatoms. The molecule has 2 atom stereocenters. The van der Waals surface area contributed by atoms with Gasteiger partial charge in [0.2, 0.25) is 15.9 Å². The second kappa shape index (κ2) is 6.09. The third-order valence-corrected chi connectivity index (χ3v) is 5.84. The number of carbonyl (C=O) groups is 1. The van der Waals surface area contributed by atoms with E-state index in [9.17, 15) is 13.2 Å². The maximum atomic E-state index is 12.8. The lowest BCUT2D eigenvalue weighted by atomic mass is 9.94. The minimum atomic E-state index is -3.23. The van der Waals surface area contributed by atoms with Crippen LogP contribution >= 0.6 is 0 Å². The molecule has 0 unspecified atom stereocenters. The Hall–Kier alpha value is -1.67. The van der Waals surface area contributed by atoms with Crippen molar-refractivity contribution in [1.82, 2.24) is 14.2 Å². The molecule has 4 rings (SSSR count). The summed E-state index contributed by atoms with van der Waals surface area (Å²) in [6.45, 7) is 1.47. The van der Waals surface area contributed by atoms with Gasteiger partial charge in [-0.1, -0.05) is 0 Å². The summed E-state index contributed by atoms with van der Waals surface area (Å²) in [5.41, 5.74) is 0.523. The first kappa shape index (κ1) is 16.2. The van der Waals surface area contributed by atoms with Gasteiger partial charge in [-0.15, -0.1) is 0 Å². The smallest absolute Gasteiger partial charge is 0.254 e. The third-order valence-electron chi connectivity index (χ3n) is 4.60. The minimum Gasteiger partial charge on any atom is -0.481 e. The Kier molecular flexibility index (Phi) is 4.29. The number of rotatable bonds is 3. The molecule has 126 valence electrons. The van der Waals surface area contributed by atoms with Crippen LogP contribution < -0.4 is 4.74 Å². The van der Waals surface area contributed by atoms with Crippen LogP contribution in [0.2, 0.25) is 0 Å². The van der Waals surface area contributed by atoms with E-state index in [1.807, 2.05) is 4.90 Å². The zero-order valence-corrected chi connectivity index (χ0v) is 14.1. The molecule has 3 aliphatic heterocycles. The van der Waals surface area contributed by atoms with Gasteiger partial charge in [-0.2, -0.15) is 4.31 Å². The predicted molar refractivity (Wildman–Crippen MR) is 84.8 cm³/mol. The number of methoxy groups -OCH3 is 1. The average Bonchev–Trinajstić information content (AvgIpc) is 2.86. The van der Waals surface area contributed by atoms with Gasteiger partial charge in [0.15, 0.2) is 0 Å². The number of piperidine rings is 1. The summed E-state index contributed by atoms with van der Waals surface area (Å²) in [6.07, 6.45) is 4.58. The van der Waals surface area contributed by atoms with E-state index in [1.54, 1.807) is 18.3 Å². The Bertz CT molecular complexity index is 706. The van der Waals surface area contributed by atoms with Gasteiger partial charge in [0.1, 0.15) is 0 Å². The lowest BCUT2D eigenvalue weighted by molar-refractivity contribution is 0.0588. The first-order chi connectivity index (χ1) is 10.9. The molecule has 3 saturated heterocycles. The predicted octanol–water partition coefficient (Wildman–Crippen LogP) is 0.586. The van der Waals surface area contributed by atoms with Gasteiger partial charge in [0.25, 0.3) is 5.91 Å². The van der Waals surface area contributed by atoms with Gasteiger partial charge in [-0.25, -0.2) is 13.4 Å². The highest BCUT2D eigenvalue weighted by atomic mass is 32.2. The van der Waals surface area contributed by atoms with Gasteiger partial charge in [0.05, 0.1) is 13.4 Å². The second-order valence-electron chi connectivity index (χ2n) is 6.22. The van der Waals surface area contributed by atoms with Gasteiger partial charge in [-0.05, 0) is 24.8 Å². The number of ether oxygens (including phenoxy) is 1. The van der Waals surface area contributed by atoms with Crippen molar-refractivity contribution in [1.29, 1.82) is 0 Å². The van der Waals surface area contributed by atoms with Crippen molar-refractivity contribution in [2.45, 2.75) is 18.9 Å². The number of aromatic nitrogens is 1. The monoisotopic (exact) mass is 339 g/mol. The molecule has 0 saturated carbocycles. The summed E-state index contributed by atoms with van der Waals surface area (Å²) >= 11 is 0. The summed E-state index contributed by atoms with van der Waals surface area (Å²) in [5, 5.41) is 0. The van der Waals surface area contributed by atoms with E-state index in [0.29, 0.717) is 31.1 Å². The van der Waals surface area contributed by atoms with Crippen LogP contribution in [0.25, 0.3) is 0 Å². The highest BCUT2D eigenvalue weighted by Crippen LogP contribution is 2.30. The van der Waals surface area contributed by atoms with Crippen molar-refractivity contribution in [2.24, 2.45) is 5.92 Å². The Morgan fingerprint density at radius 2 is 2.09 bits per heavy atom. The molecule has 7 nitrogen and oxygen atoms in total. The highest BCUT2D eigenvalue weighted by Gasteiger charge is 2.39. The molecule has 1 aromatic heterocycles. The van der Waals surface area contributed by atoms with Crippen LogP contribution in [-0.2, 0) is 10.0 Å². The van der Waals surface area contributed by atoms with Crippen LogP contribution in [0, 0.1) is 5.92 Å². The van der Waals surface area contributed by atoms with E-state index in [0.717, 1.165) is 12.8 Å². The molecule has 0 spiro atoms. The molecule has 3 fully saturated rings. The normalized spacial score (nSPS) is 25.2. The van der Waals surface area contributed by atoms with E-state index in [2.05, 4.69) is 4.98 Å². The number of pyridine rings is 1. The largest absolute Gasteiger partial charge is 0.481 e. The number of sulfonamides is 1. The maximum absolute atomic E-state index is 12.8. The molecule has 3 aliphatic rings. The molecule has 23 heavy (non-hydrogen) atoms. The molecule has 0 N–H and O–H groups in total. The summed E-state index contributed by atoms with van der Waals surface area (Å²) < 4.78 is 30.4. The zero-order chi connectivity index (χ0) is 16.6. The number of amides is 1. The van der Waals surface area contributed by atoms with Crippen LogP contribution in [0.15, 0.2) is 18.3 Å². The lowest BCUT2D eigenvalue weighted by Crippen LogP contribution is -2.47. The van der Waals surface area contributed by atoms with Crippen LogP contribution in [-0.4, -0.2) is 67.6 Å². The molecular weight excluding hydrogens is 318 g/mol. The first-order valence-electron chi connectivity index (χ1n) is 7.64. The Labute approximate surface area is 136 Å². The standard InChI is InChI=1S/C15H21N3O4S/c1-22-14-7-12(5-6-16-14)15(19)18-9-11-3-4-13(18)10-17(8-11)23(2,20)21/h5-7,11,13H,3-4,8-10H2,1-2H3/t11-,13+/m1/s1. The molecule has 4 heterocycles. The second-order valence-corrected chi connectivity index (χ2v) is 8.20. The van der Waals surface area contributed by atoms with Crippen LogP contribution in [0.1, 0.15) is 23.2 Å². The van der Waals surface area contributed by atoms with Gasteiger partial charge in [-0.3, -0.25) is 4.79 Å². The van der Waals surface area contributed by atoms with E-state index in [4.69, 9.17) is 4.74 Å². The van der Waals surface area contributed by atoms with Gasteiger partial charge >= 0.3 is 0 Å². The Balaban J connectivity index is 1.85. The SMILES string of the molecule is COc1cc(C(=O)N2C[C@@H]3CC[C@H]2CN(S(C)(=O)=O)C3)ccn1. The molecule has 0 aromatic carbocycles. The number of hydrogen-bond acceptors (Lipinski definition) is 5. The van der Waals surface area contributed by atoms with Crippen molar-refractivity contribution in [3.05, 3.63) is 23.9 Å². The summed E-state index contributed by atoms with van der Waals surface area (Å²) in [7, 11) is -1.73. The fourth-order valence-electron chi connectivity index (χ4n) is 3.38. The maximum Gasteiger partial charge on any atom is 0.254 e. The van der Waals surface area contributed by atoms with E-state index in [-0.39, 0.29) is 17.9 Å². The first-order valence-corrected chi connectivity index (χ1v) is 9.49. The van der Waals surface area contributed by atoms with Gasteiger partial charge < -0.3 is 9.64 Å². The highest BCUT2D eigenvalue weighted by molar-refractivity contribution is 7.88. The number of hydrogen-bond donors (Lipinski definition) is 0. The zero-order valence-electron chi connectivity index (χ0n) is 13.3. The van der Waals surface area contributed by atoms with E-state index < -0.39 is 10.0 Å². The van der Waals surface area contributed by atoms with E-state index >= 15 is 0 Å². The molecular formula is C15H21N3O4S. The van der Waals surface area contributed by atoms with Crippen LogP contribution in [0.5, 0.6) is 5.88 Å². The summed E-state index contributed by atoms with van der Waals surface area (Å²) in [4.78, 5) is 18.7. The summed E-state index contributed by atoms with van der Waals surface area (Å²) in [5.74, 6) is 0.500. The minimum absolute atomic E-state index is 0.0739. The molecule has 1 amide bonds. The van der Waals surface area contributed by atoms with Crippen molar-refractivity contribution in [3.63, 3.8) is 0 Å². The lowest BCUT2D eigenvalue weighted by Gasteiger charge is -2.36. The topological polar surface area (TPSA) is 79.8 Å². The quantitative estimate of drug-likeness (QED) is 0.805. The van der Waals surface area contributed by atoms with Crippen LogP contribution in [0.4, 0.5) is 0 Å². The van der Waals surface area contributed by atoms with Crippen molar-refractivity contribution >= 4 is 15.9 Å². The van der Waals surface area contributed by atoms with Crippen LogP contribution in [0.3, 0.4) is 0 Å². The van der Waals surface area contributed by atoms with Gasteiger partial charge in [0, 0.05) is 43.5 Å². The van der Waals surface area contributed by atoms with Crippen molar-refractivity contribution in [3.8, 4) is 5.88 Å². The fourth-order valence-corrected chi connectivity index (χ4v) is 4.30. The van der Waals surface area contributed by atoms with Crippen molar-refractivity contribution in [2.75, 3.05) is 33.0 Å². The molecule has 2 bridgehead atoms. The van der Waals surface area contributed by atoms with E-state index in [1.165, 1.54) is 17.7 Å². The summed E-state index contributed by atoms with van der Waals surface area (Å²) in [6, 6.07) is 3.21. The Morgan fingerprint density at radius 1 is 1.30 bits per heavy atom.